The van der Waals surface area contributed by atoms with Crippen LogP contribution >= 0.6 is 0 Å². The zero-order valence-electron chi connectivity index (χ0n) is 23.8. The van der Waals surface area contributed by atoms with E-state index in [1.807, 2.05) is 26.0 Å². The fourth-order valence-corrected chi connectivity index (χ4v) is 4.83. The van der Waals surface area contributed by atoms with Crippen LogP contribution in [0.3, 0.4) is 0 Å². The molecule has 0 aliphatic heterocycles. The molecule has 3 aromatic carbocycles. The van der Waals surface area contributed by atoms with Crippen LogP contribution in [0.2, 0.25) is 0 Å². The number of benzene rings is 3. The highest BCUT2D eigenvalue weighted by atomic mass is 19.1. The van der Waals surface area contributed by atoms with Crippen molar-refractivity contribution in [2.24, 2.45) is 5.41 Å². The Balaban J connectivity index is 1.61. The van der Waals surface area contributed by atoms with E-state index < -0.39 is 17.4 Å². The predicted molar refractivity (Wildman–Crippen MR) is 157 cm³/mol. The number of pyridine rings is 1. The molecule has 1 amide bonds. The number of carbonyl (C=O) groups excluding carboxylic acids is 2. The number of rotatable bonds is 12. The molecule has 4 rings (SSSR count). The lowest BCUT2D eigenvalue weighted by Crippen LogP contribution is -2.40. The third-order valence-electron chi connectivity index (χ3n) is 7.53. The zero-order valence-corrected chi connectivity index (χ0v) is 23.8. The van der Waals surface area contributed by atoms with Crippen molar-refractivity contribution in [3.8, 4) is 5.75 Å². The summed E-state index contributed by atoms with van der Waals surface area (Å²) in [4.78, 5) is 43.9. The van der Waals surface area contributed by atoms with E-state index in [1.165, 1.54) is 31.4 Å². The van der Waals surface area contributed by atoms with E-state index in [1.54, 1.807) is 47.4 Å². The third-order valence-corrected chi connectivity index (χ3v) is 7.53. The molecule has 1 aromatic heterocycles. The fourth-order valence-electron chi connectivity index (χ4n) is 4.83. The maximum absolute atomic E-state index is 13.9. The number of hydrogen-bond acceptors (Lipinski definition) is 6. The van der Waals surface area contributed by atoms with Gasteiger partial charge in [-0.05, 0) is 60.9 Å². The molecule has 0 atom stereocenters. The van der Waals surface area contributed by atoms with Crippen molar-refractivity contribution in [3.63, 3.8) is 0 Å². The third kappa shape index (κ3) is 6.91. The van der Waals surface area contributed by atoms with Gasteiger partial charge in [-0.1, -0.05) is 38.1 Å². The Kier molecular flexibility index (Phi) is 9.52. The number of methoxy groups -OCH3 is 1. The summed E-state index contributed by atoms with van der Waals surface area (Å²) in [5.41, 5.74) is 1.55. The number of nitrogens with zero attached hydrogens (tertiary/aromatic N) is 2. The number of anilines is 1. The largest absolute Gasteiger partial charge is 0.487 e. The summed E-state index contributed by atoms with van der Waals surface area (Å²) in [5, 5.41) is 10.1. The normalized spacial score (nSPS) is 11.2. The minimum Gasteiger partial charge on any atom is -0.487 e. The van der Waals surface area contributed by atoms with Gasteiger partial charge in [0.15, 0.2) is 0 Å². The number of aromatic nitrogens is 1. The zero-order chi connectivity index (χ0) is 30.3. The van der Waals surface area contributed by atoms with Crippen LogP contribution in [-0.4, -0.2) is 35.0 Å². The lowest BCUT2D eigenvalue weighted by molar-refractivity contribution is -0.155. The van der Waals surface area contributed by atoms with Crippen molar-refractivity contribution >= 4 is 34.4 Å². The van der Waals surface area contributed by atoms with E-state index in [4.69, 9.17) is 9.47 Å². The summed E-state index contributed by atoms with van der Waals surface area (Å²) in [5.74, 6) is -1.66. The molecule has 1 N–H and O–H groups in total. The Morgan fingerprint density at radius 3 is 2.33 bits per heavy atom. The van der Waals surface area contributed by atoms with Crippen molar-refractivity contribution in [1.29, 1.82) is 0 Å². The molecular weight excluding hydrogens is 539 g/mol. The Bertz CT molecular complexity index is 1580. The van der Waals surface area contributed by atoms with Gasteiger partial charge in [-0.3, -0.25) is 9.59 Å². The number of aromatic carboxylic acids is 1. The van der Waals surface area contributed by atoms with Crippen molar-refractivity contribution in [2.75, 3.05) is 12.0 Å². The highest BCUT2D eigenvalue weighted by molar-refractivity contribution is 5.96. The first-order valence-electron chi connectivity index (χ1n) is 13.7. The van der Waals surface area contributed by atoms with Gasteiger partial charge in [0, 0.05) is 29.6 Å². The monoisotopic (exact) mass is 572 g/mol. The molecule has 42 heavy (non-hydrogen) atoms. The van der Waals surface area contributed by atoms with Gasteiger partial charge >= 0.3 is 11.9 Å². The number of carboxylic acid groups (broad SMARTS) is 1. The summed E-state index contributed by atoms with van der Waals surface area (Å²) in [7, 11) is 1.32. The molecular formula is C33H33FN2O6. The average molecular weight is 573 g/mol. The molecule has 0 aliphatic carbocycles. The van der Waals surface area contributed by atoms with E-state index in [0.717, 1.165) is 5.39 Å². The minimum atomic E-state index is -1.04. The van der Waals surface area contributed by atoms with Crippen LogP contribution in [0.4, 0.5) is 10.1 Å². The molecule has 0 unspecified atom stereocenters. The van der Waals surface area contributed by atoms with Crippen LogP contribution in [0.1, 0.15) is 54.7 Å². The second-order valence-corrected chi connectivity index (χ2v) is 10.1. The van der Waals surface area contributed by atoms with Crippen LogP contribution in [0, 0.1) is 11.2 Å². The summed E-state index contributed by atoms with van der Waals surface area (Å²) in [6.07, 6.45) is 0.784. The summed E-state index contributed by atoms with van der Waals surface area (Å²) >= 11 is 0. The van der Waals surface area contributed by atoms with E-state index in [0.29, 0.717) is 41.1 Å². The first-order valence-corrected chi connectivity index (χ1v) is 13.7. The minimum absolute atomic E-state index is 0.0669. The standard InChI is InChI=1S/C33H33FN2O6/c1-4-33(5-2,32(40)41-3)19-30(37)36(20-22-9-11-24(12-10-22)31(38)39)27-7-6-8-28(18-27)42-21-26-16-14-23-13-15-25(34)17-29(23)35-26/h6-18H,4-5,19-21H2,1-3H3,(H,38,39). The Hall–Kier alpha value is -4.79. The smallest absolute Gasteiger partial charge is 0.335 e. The molecule has 4 aromatic rings. The SMILES string of the molecule is CCC(CC)(CC(=O)N(Cc1ccc(C(=O)O)cc1)c1cccc(OCc2ccc3ccc(F)cc3n2)c1)C(=O)OC. The van der Waals surface area contributed by atoms with Gasteiger partial charge in [0.1, 0.15) is 18.2 Å². The van der Waals surface area contributed by atoms with E-state index >= 15 is 0 Å². The van der Waals surface area contributed by atoms with Crippen LogP contribution in [0.25, 0.3) is 10.9 Å². The Morgan fingerprint density at radius 1 is 0.952 bits per heavy atom. The molecule has 0 saturated carbocycles. The Morgan fingerprint density at radius 2 is 1.67 bits per heavy atom. The molecule has 0 fully saturated rings. The van der Waals surface area contributed by atoms with Gasteiger partial charge in [0.2, 0.25) is 5.91 Å². The molecule has 0 saturated heterocycles. The number of ether oxygens (including phenoxy) is 2. The summed E-state index contributed by atoms with van der Waals surface area (Å²) in [6.45, 7) is 3.97. The van der Waals surface area contributed by atoms with Gasteiger partial charge in [-0.2, -0.15) is 0 Å². The second kappa shape index (κ2) is 13.2. The van der Waals surface area contributed by atoms with Crippen LogP contribution in [0.5, 0.6) is 5.75 Å². The highest BCUT2D eigenvalue weighted by Crippen LogP contribution is 2.35. The lowest BCUT2D eigenvalue weighted by Gasteiger charge is -2.31. The van der Waals surface area contributed by atoms with Crippen LogP contribution < -0.4 is 9.64 Å². The molecule has 9 heteroatoms. The highest BCUT2D eigenvalue weighted by Gasteiger charge is 2.39. The van der Waals surface area contributed by atoms with Crippen molar-refractivity contribution in [2.45, 2.75) is 46.3 Å². The molecule has 0 spiro atoms. The van der Waals surface area contributed by atoms with Gasteiger partial charge in [0.25, 0.3) is 0 Å². The second-order valence-electron chi connectivity index (χ2n) is 10.1. The Labute approximate surface area is 243 Å². The van der Waals surface area contributed by atoms with E-state index in [9.17, 15) is 23.9 Å². The quantitative estimate of drug-likeness (QED) is 0.192. The molecule has 0 bridgehead atoms. The van der Waals surface area contributed by atoms with Crippen LogP contribution in [0.15, 0.2) is 78.9 Å². The number of amides is 1. The molecule has 0 radical (unpaired) electrons. The van der Waals surface area contributed by atoms with Gasteiger partial charge in [-0.25, -0.2) is 14.2 Å². The van der Waals surface area contributed by atoms with Gasteiger partial charge < -0.3 is 19.5 Å². The number of carbonyl (C=O) groups is 3. The van der Waals surface area contributed by atoms with Gasteiger partial charge in [0.05, 0.1) is 35.8 Å². The maximum Gasteiger partial charge on any atom is 0.335 e. The van der Waals surface area contributed by atoms with Crippen molar-refractivity contribution in [1.82, 2.24) is 4.98 Å². The summed E-state index contributed by atoms with van der Waals surface area (Å²) < 4.78 is 24.7. The average Bonchev–Trinajstić information content (AvgIpc) is 3.01. The fraction of sp³-hybridized carbons (Fsp3) is 0.273. The maximum atomic E-state index is 13.9. The van der Waals surface area contributed by atoms with Crippen LogP contribution in [-0.2, 0) is 27.5 Å². The molecule has 0 aliphatic rings. The first kappa shape index (κ1) is 30.2. The lowest BCUT2D eigenvalue weighted by atomic mass is 9.78. The molecule has 218 valence electrons. The predicted octanol–water partition coefficient (Wildman–Crippen LogP) is 6.55. The number of fused-ring (bicyclic) bond motifs is 1. The number of halogens is 1. The van der Waals surface area contributed by atoms with Crippen molar-refractivity contribution < 1.29 is 33.4 Å². The topological polar surface area (TPSA) is 106 Å². The number of hydrogen-bond donors (Lipinski definition) is 1. The molecule has 1 heterocycles. The van der Waals surface area contributed by atoms with E-state index in [2.05, 4.69) is 4.98 Å². The number of carboxylic acids is 1. The number of esters is 1. The van der Waals surface area contributed by atoms with E-state index in [-0.39, 0.29) is 36.9 Å². The molecule has 8 nitrogen and oxygen atoms in total. The van der Waals surface area contributed by atoms with Crippen molar-refractivity contribution in [3.05, 3.63) is 102 Å². The first-order chi connectivity index (χ1) is 20.2. The summed E-state index contributed by atoms with van der Waals surface area (Å²) in [6, 6.07) is 21.4. The van der Waals surface area contributed by atoms with Gasteiger partial charge in [-0.15, -0.1) is 0 Å².